The van der Waals surface area contributed by atoms with E-state index in [2.05, 4.69) is 32.6 Å². The van der Waals surface area contributed by atoms with Crippen LogP contribution in [-0.4, -0.2) is 112 Å². The molecule has 0 heterocycles. The maximum Gasteiger partial charge on any atom is 0.308 e. The van der Waals surface area contributed by atoms with Gasteiger partial charge in [-0.2, -0.15) is 0 Å². The molecular formula is C70H123NO13. The Balaban J connectivity index is 1.13. The number of nitrogens with zero attached hydrogens (tertiary/aromatic N) is 1. The van der Waals surface area contributed by atoms with E-state index in [-0.39, 0.29) is 119 Å². The first-order valence-electron chi connectivity index (χ1n) is 35.3. The quantitative estimate of drug-likeness (QED) is 0.0345. The van der Waals surface area contributed by atoms with Crippen molar-refractivity contribution >= 4 is 35.8 Å². The van der Waals surface area contributed by atoms with Gasteiger partial charge in [-0.25, -0.2) is 0 Å². The second kappa shape index (κ2) is 45.9. The molecule has 486 valence electrons. The third-order valence-electron chi connectivity index (χ3n) is 19.5. The average molecular weight is 1190 g/mol. The summed E-state index contributed by atoms with van der Waals surface area (Å²) < 4.78 is 34.9. The minimum atomic E-state index is -0.438. The summed E-state index contributed by atoms with van der Waals surface area (Å²) in [4.78, 5) is 81.3. The van der Waals surface area contributed by atoms with Gasteiger partial charge in [-0.15, -0.1) is 0 Å². The van der Waals surface area contributed by atoms with Gasteiger partial charge in [0.25, 0.3) is 0 Å². The minimum absolute atomic E-state index is 0.0185. The zero-order chi connectivity index (χ0) is 60.4. The summed E-state index contributed by atoms with van der Waals surface area (Å²) in [7, 11) is 0. The highest BCUT2D eigenvalue weighted by molar-refractivity contribution is 5.74. The molecule has 4 aliphatic carbocycles. The van der Waals surface area contributed by atoms with E-state index in [0.717, 1.165) is 142 Å². The molecule has 0 saturated heterocycles. The average Bonchev–Trinajstić information content (AvgIpc) is 3.63. The minimum Gasteiger partial charge on any atom is -0.465 e. The lowest BCUT2D eigenvalue weighted by molar-refractivity contribution is -0.161. The fraction of sp³-hybridized carbons (Fsp3) is 0.914. The van der Waals surface area contributed by atoms with E-state index in [0.29, 0.717) is 43.1 Å². The molecule has 0 atom stereocenters. The molecule has 0 aromatic carbocycles. The Labute approximate surface area is 510 Å². The molecule has 4 rings (SSSR count). The number of aliphatic hydroxyl groups excluding tert-OH is 1. The van der Waals surface area contributed by atoms with Crippen molar-refractivity contribution in [2.45, 2.75) is 285 Å². The number of hydrogen-bond acceptors (Lipinski definition) is 14. The van der Waals surface area contributed by atoms with Crippen molar-refractivity contribution < 1.29 is 62.3 Å². The Morgan fingerprint density at radius 3 is 0.845 bits per heavy atom. The van der Waals surface area contributed by atoms with Crippen molar-refractivity contribution in [1.82, 2.24) is 4.90 Å². The van der Waals surface area contributed by atoms with Gasteiger partial charge in [0.05, 0.1) is 42.1 Å². The highest BCUT2D eigenvalue weighted by Gasteiger charge is 2.33. The molecule has 4 saturated carbocycles. The van der Waals surface area contributed by atoms with Crippen LogP contribution in [0.3, 0.4) is 0 Å². The van der Waals surface area contributed by atoms with Gasteiger partial charge in [0, 0.05) is 19.4 Å². The number of esters is 6. The summed E-state index contributed by atoms with van der Waals surface area (Å²) in [6.45, 7) is 11.2. The second-order valence-corrected chi connectivity index (χ2v) is 26.7. The molecule has 0 aliphatic heterocycles. The number of carbonyl (C=O) groups excluding carboxylic acids is 6. The molecule has 14 nitrogen and oxygen atoms in total. The number of ether oxygens (including phenoxy) is 6. The Hall–Kier alpha value is -3.26. The Morgan fingerprint density at radius 1 is 0.333 bits per heavy atom. The smallest absolute Gasteiger partial charge is 0.308 e. The summed E-state index contributed by atoms with van der Waals surface area (Å²) in [6, 6.07) is 0. The van der Waals surface area contributed by atoms with E-state index >= 15 is 0 Å². The van der Waals surface area contributed by atoms with Crippen LogP contribution in [0.2, 0.25) is 0 Å². The topological polar surface area (TPSA) is 181 Å². The summed E-state index contributed by atoms with van der Waals surface area (Å²) >= 11 is 0. The molecule has 1 N–H and O–H groups in total. The molecule has 0 aromatic heterocycles. The van der Waals surface area contributed by atoms with Crippen molar-refractivity contribution in [2.24, 2.45) is 59.2 Å². The molecule has 14 heteroatoms. The van der Waals surface area contributed by atoms with Crippen LogP contribution in [0.5, 0.6) is 0 Å². The highest BCUT2D eigenvalue weighted by atomic mass is 16.6. The van der Waals surface area contributed by atoms with Gasteiger partial charge in [0.1, 0.15) is 39.6 Å². The lowest BCUT2D eigenvalue weighted by Gasteiger charge is -2.28. The lowest BCUT2D eigenvalue weighted by atomic mass is 9.80. The summed E-state index contributed by atoms with van der Waals surface area (Å²) in [5.74, 6) is -0.0349. The Kier molecular flexibility index (Phi) is 40.0. The summed E-state index contributed by atoms with van der Waals surface area (Å²) in [5.41, 5.74) is 0. The molecule has 0 bridgehead atoms. The van der Waals surface area contributed by atoms with Crippen molar-refractivity contribution in [3.8, 4) is 0 Å². The Morgan fingerprint density at radius 2 is 0.595 bits per heavy atom. The predicted molar refractivity (Wildman–Crippen MR) is 332 cm³/mol. The van der Waals surface area contributed by atoms with Gasteiger partial charge in [-0.1, -0.05) is 143 Å². The number of rotatable bonds is 46. The van der Waals surface area contributed by atoms with Gasteiger partial charge >= 0.3 is 35.8 Å². The Bertz CT molecular complexity index is 1530. The van der Waals surface area contributed by atoms with Crippen LogP contribution < -0.4 is 0 Å². The van der Waals surface area contributed by atoms with Crippen molar-refractivity contribution in [2.75, 3.05) is 65.9 Å². The second-order valence-electron chi connectivity index (χ2n) is 26.7. The first-order valence-corrected chi connectivity index (χ1v) is 35.3. The number of carbonyl (C=O) groups is 6. The molecule has 84 heavy (non-hydrogen) atoms. The lowest BCUT2D eigenvalue weighted by Crippen LogP contribution is -2.31. The third kappa shape index (κ3) is 32.1. The van der Waals surface area contributed by atoms with Crippen LogP contribution in [0.25, 0.3) is 0 Å². The van der Waals surface area contributed by atoms with Crippen LogP contribution in [0.1, 0.15) is 285 Å². The predicted octanol–water partition coefficient (Wildman–Crippen LogP) is 15.4. The van der Waals surface area contributed by atoms with Crippen LogP contribution in [0.4, 0.5) is 0 Å². The molecule has 0 unspecified atom stereocenters. The first-order chi connectivity index (χ1) is 40.9. The van der Waals surface area contributed by atoms with Gasteiger partial charge in [0.15, 0.2) is 0 Å². The molecule has 0 radical (unpaired) electrons. The van der Waals surface area contributed by atoms with Gasteiger partial charge < -0.3 is 38.4 Å². The van der Waals surface area contributed by atoms with Crippen molar-refractivity contribution in [3.63, 3.8) is 0 Å². The zero-order valence-electron chi connectivity index (χ0n) is 53.9. The largest absolute Gasteiger partial charge is 0.465 e. The first kappa shape index (κ1) is 73.2. The fourth-order valence-corrected chi connectivity index (χ4v) is 13.6. The standard InChI is InChI=1S/C70H123NO13/c1-5-9-15-23-55-29-37-61(38-30-55)67(75)81-51-59(52-82-68(76)62-39-31-56(32-40-62)24-16-10-6-2)49-79-65(73)27-19-13-21-45-71(47-48-72)46-22-14-20-28-66(74)80-50-60(53-83-69(77)63-41-33-57(34-42-63)25-17-11-7-3)54-84-70(78)64-43-35-58(36-44-64)26-18-12-8-4/h55-64,72H,5-54H2,1-4H3. The van der Waals surface area contributed by atoms with E-state index < -0.39 is 11.8 Å². The molecule has 0 spiro atoms. The molecule has 4 fully saturated rings. The van der Waals surface area contributed by atoms with Crippen LogP contribution in [0, 0.1) is 59.2 Å². The highest BCUT2D eigenvalue weighted by Crippen LogP contribution is 2.36. The number of aliphatic hydroxyl groups is 1. The fourth-order valence-electron chi connectivity index (χ4n) is 13.6. The van der Waals surface area contributed by atoms with Gasteiger partial charge in [0.2, 0.25) is 0 Å². The maximum atomic E-state index is 13.3. The zero-order valence-corrected chi connectivity index (χ0v) is 53.9. The van der Waals surface area contributed by atoms with Crippen LogP contribution >= 0.6 is 0 Å². The third-order valence-corrected chi connectivity index (χ3v) is 19.5. The van der Waals surface area contributed by atoms with E-state index in [1.165, 1.54) is 103 Å². The van der Waals surface area contributed by atoms with Crippen molar-refractivity contribution in [1.29, 1.82) is 0 Å². The van der Waals surface area contributed by atoms with E-state index in [1.807, 2.05) is 0 Å². The van der Waals surface area contributed by atoms with Gasteiger partial charge in [-0.3, -0.25) is 28.8 Å². The van der Waals surface area contributed by atoms with Crippen molar-refractivity contribution in [3.05, 3.63) is 0 Å². The maximum absolute atomic E-state index is 13.3. The number of unbranched alkanes of at least 4 members (excludes halogenated alkanes) is 12. The number of hydrogen-bond donors (Lipinski definition) is 1. The monoisotopic (exact) mass is 1190 g/mol. The van der Waals surface area contributed by atoms with Crippen LogP contribution in [0.15, 0.2) is 0 Å². The molecule has 4 aliphatic rings. The normalized spacial score (nSPS) is 23.5. The van der Waals surface area contributed by atoms with E-state index in [1.54, 1.807) is 0 Å². The van der Waals surface area contributed by atoms with Gasteiger partial charge in [-0.05, 0) is 165 Å². The van der Waals surface area contributed by atoms with E-state index in [4.69, 9.17) is 28.4 Å². The molecule has 0 amide bonds. The SMILES string of the molecule is CCCCCC1CCC(C(=O)OCC(COC(=O)CCCCCN(CCO)CCCCCC(=O)OCC(COC(=O)C2CCC(CCCCC)CC2)COC(=O)C2CCC(CCCCC)CC2)COC(=O)C2CCC(CCCCC)CC2)CC1. The summed E-state index contributed by atoms with van der Waals surface area (Å²) in [6.07, 6.45) is 40.1. The molecular weight excluding hydrogens is 1060 g/mol. The summed E-state index contributed by atoms with van der Waals surface area (Å²) in [5, 5.41) is 9.83. The van der Waals surface area contributed by atoms with Crippen LogP contribution in [-0.2, 0) is 57.2 Å². The molecule has 0 aromatic rings. The van der Waals surface area contributed by atoms with E-state index in [9.17, 15) is 33.9 Å².